The minimum atomic E-state index is -3.16. The molecule has 0 spiro atoms. The maximum atomic E-state index is 12.2. The zero-order valence-corrected chi connectivity index (χ0v) is 22.1. The summed E-state index contributed by atoms with van der Waals surface area (Å²) < 4.78 is 35.6. The molecule has 1 aromatic carbocycles. The molecule has 3 heterocycles. The predicted molar refractivity (Wildman–Crippen MR) is 138 cm³/mol. The second kappa shape index (κ2) is 10.5. The Bertz CT molecular complexity index is 1320. The quantitative estimate of drug-likeness (QED) is 0.438. The molecule has 11 heteroatoms. The number of hydrogen-bond donors (Lipinski definition) is 2. The van der Waals surface area contributed by atoms with E-state index in [2.05, 4.69) is 10.5 Å². The van der Waals surface area contributed by atoms with Crippen LogP contribution in [0.5, 0.6) is 5.75 Å². The van der Waals surface area contributed by atoms with Crippen molar-refractivity contribution >= 4 is 15.7 Å². The van der Waals surface area contributed by atoms with E-state index in [0.29, 0.717) is 54.9 Å². The van der Waals surface area contributed by atoms with E-state index in [1.165, 1.54) is 6.26 Å². The minimum Gasteiger partial charge on any atom is -0.491 e. The molecule has 2 aromatic heterocycles. The maximum Gasteiger partial charge on any atom is 0.162 e. The fourth-order valence-corrected chi connectivity index (χ4v) is 5.47. The molecule has 1 saturated heterocycles. The Labute approximate surface area is 211 Å². The van der Waals surface area contributed by atoms with Gasteiger partial charge in [-0.1, -0.05) is 17.3 Å². The van der Waals surface area contributed by atoms with E-state index in [9.17, 15) is 13.5 Å². The van der Waals surface area contributed by atoms with Gasteiger partial charge in [0, 0.05) is 37.0 Å². The number of aliphatic hydroxyl groups is 1. The largest absolute Gasteiger partial charge is 0.491 e. The number of aromatic nitrogens is 3. The van der Waals surface area contributed by atoms with Crippen LogP contribution in [-0.2, 0) is 9.84 Å². The summed E-state index contributed by atoms with van der Waals surface area (Å²) in [5, 5.41) is 16.6. The molecule has 0 radical (unpaired) electrons. The molecular weight excluding hydrogens is 482 g/mol. The number of nitrogens with one attached hydrogen (secondary N) is 1. The van der Waals surface area contributed by atoms with Crippen LogP contribution in [0.2, 0.25) is 0 Å². The monoisotopic (exact) mass is 515 g/mol. The van der Waals surface area contributed by atoms with Crippen LogP contribution in [0.3, 0.4) is 0 Å². The molecule has 194 valence electrons. The van der Waals surface area contributed by atoms with Crippen molar-refractivity contribution in [1.29, 1.82) is 0 Å². The lowest BCUT2D eigenvalue weighted by atomic mass is 10.0. The van der Waals surface area contributed by atoms with E-state index in [1.54, 1.807) is 7.05 Å². The van der Waals surface area contributed by atoms with Crippen LogP contribution < -0.4 is 15.0 Å². The van der Waals surface area contributed by atoms with Crippen LogP contribution in [0.4, 0.5) is 5.82 Å². The third-order valence-corrected chi connectivity index (χ3v) is 8.01. The van der Waals surface area contributed by atoms with E-state index in [1.807, 2.05) is 49.9 Å². The molecule has 3 aromatic rings. The number of likely N-dealkylation sites (N-methyl/N-ethyl adjacent to an activating group) is 1. The molecule has 1 aliphatic heterocycles. The van der Waals surface area contributed by atoms with Crippen LogP contribution in [0.15, 0.2) is 28.8 Å². The molecule has 1 unspecified atom stereocenters. The fraction of sp³-hybridized carbons (Fsp3) is 0.480. The van der Waals surface area contributed by atoms with Crippen LogP contribution in [-0.4, -0.2) is 79.5 Å². The van der Waals surface area contributed by atoms with Gasteiger partial charge in [-0.05, 0) is 46.4 Å². The summed E-state index contributed by atoms with van der Waals surface area (Å²) in [6.45, 7) is 7.19. The number of aryl methyl sites for hydroxylation is 2. The topological polar surface area (TPSA) is 131 Å². The van der Waals surface area contributed by atoms with Gasteiger partial charge in [-0.25, -0.2) is 18.4 Å². The maximum absolute atomic E-state index is 12.2. The Morgan fingerprint density at radius 2 is 2.06 bits per heavy atom. The first-order chi connectivity index (χ1) is 17.1. The smallest absolute Gasteiger partial charge is 0.162 e. The number of ether oxygens (including phenoxy) is 1. The van der Waals surface area contributed by atoms with Gasteiger partial charge < -0.3 is 24.6 Å². The summed E-state index contributed by atoms with van der Waals surface area (Å²) in [6, 6.07) is 7.40. The Hall–Kier alpha value is -3.02. The number of hydrogen-bond acceptors (Lipinski definition) is 10. The van der Waals surface area contributed by atoms with Crippen LogP contribution >= 0.6 is 0 Å². The van der Waals surface area contributed by atoms with Crippen molar-refractivity contribution in [3.05, 3.63) is 41.3 Å². The molecule has 0 bridgehead atoms. The van der Waals surface area contributed by atoms with Crippen molar-refractivity contribution in [2.45, 2.75) is 38.5 Å². The molecule has 4 rings (SSSR count). The number of aliphatic hydroxyl groups excluding tert-OH is 1. The van der Waals surface area contributed by atoms with Crippen molar-refractivity contribution in [3.8, 4) is 28.4 Å². The van der Waals surface area contributed by atoms with E-state index in [-0.39, 0.29) is 6.61 Å². The predicted octanol–water partition coefficient (Wildman–Crippen LogP) is 2.31. The SMILES string of the molecule is CNCC(O)COc1cccc(-c2nc(-c3c(C)noc3C)c(C)c(N3CC[C@@H](S(C)(=O)=O)C3)n2)c1. The van der Waals surface area contributed by atoms with Gasteiger partial charge in [0.2, 0.25) is 0 Å². The second-order valence-corrected chi connectivity index (χ2v) is 11.6. The lowest BCUT2D eigenvalue weighted by Crippen LogP contribution is -2.29. The average molecular weight is 516 g/mol. The van der Waals surface area contributed by atoms with E-state index in [0.717, 1.165) is 22.4 Å². The third-order valence-electron chi connectivity index (χ3n) is 6.41. The lowest BCUT2D eigenvalue weighted by Gasteiger charge is -2.22. The summed E-state index contributed by atoms with van der Waals surface area (Å²) in [5.41, 5.74) is 3.80. The molecule has 0 amide bonds. The van der Waals surface area contributed by atoms with Gasteiger partial charge in [-0.15, -0.1) is 0 Å². The van der Waals surface area contributed by atoms with Gasteiger partial charge in [-0.3, -0.25) is 0 Å². The molecule has 1 fully saturated rings. The first-order valence-electron chi connectivity index (χ1n) is 11.9. The molecule has 0 aliphatic carbocycles. The Balaban J connectivity index is 1.77. The van der Waals surface area contributed by atoms with Crippen LogP contribution in [0.1, 0.15) is 23.4 Å². The molecule has 0 saturated carbocycles. The summed E-state index contributed by atoms with van der Waals surface area (Å²) in [7, 11) is -1.39. The average Bonchev–Trinajstić information content (AvgIpc) is 3.45. The first-order valence-corrected chi connectivity index (χ1v) is 13.9. The van der Waals surface area contributed by atoms with Crippen LogP contribution in [0.25, 0.3) is 22.6 Å². The molecule has 36 heavy (non-hydrogen) atoms. The van der Waals surface area contributed by atoms with E-state index < -0.39 is 21.2 Å². The van der Waals surface area contributed by atoms with Crippen molar-refractivity contribution < 1.29 is 22.8 Å². The molecule has 2 N–H and O–H groups in total. The lowest BCUT2D eigenvalue weighted by molar-refractivity contribution is 0.108. The highest BCUT2D eigenvalue weighted by Gasteiger charge is 2.33. The van der Waals surface area contributed by atoms with E-state index >= 15 is 0 Å². The summed E-state index contributed by atoms with van der Waals surface area (Å²) in [4.78, 5) is 11.8. The van der Waals surface area contributed by atoms with Gasteiger partial charge in [0.1, 0.15) is 30.0 Å². The highest BCUT2D eigenvalue weighted by Crippen LogP contribution is 2.36. The third kappa shape index (κ3) is 5.53. The highest BCUT2D eigenvalue weighted by molar-refractivity contribution is 7.91. The van der Waals surface area contributed by atoms with Gasteiger partial charge in [0.15, 0.2) is 15.7 Å². The van der Waals surface area contributed by atoms with Gasteiger partial charge in [0.05, 0.1) is 22.2 Å². The first kappa shape index (κ1) is 26.1. The Morgan fingerprint density at radius 3 is 2.69 bits per heavy atom. The number of sulfone groups is 1. The summed E-state index contributed by atoms with van der Waals surface area (Å²) >= 11 is 0. The summed E-state index contributed by atoms with van der Waals surface area (Å²) in [6.07, 6.45) is 1.20. The summed E-state index contributed by atoms with van der Waals surface area (Å²) in [5.74, 6) is 2.41. The molecule has 2 atom stereocenters. The highest BCUT2D eigenvalue weighted by atomic mass is 32.2. The molecular formula is C25H33N5O5S. The molecule has 1 aliphatic rings. The van der Waals surface area contributed by atoms with E-state index in [4.69, 9.17) is 19.2 Å². The fourth-order valence-electron chi connectivity index (χ4n) is 4.49. The molecule has 10 nitrogen and oxygen atoms in total. The number of anilines is 1. The number of benzene rings is 1. The number of nitrogens with zero attached hydrogens (tertiary/aromatic N) is 4. The Morgan fingerprint density at radius 1 is 1.28 bits per heavy atom. The standard InChI is InChI=1S/C25H33N5O5S/c1-15-23(22-16(2)29-35-17(22)3)27-24(28-25(15)30-10-9-21(13-30)36(5,32)33)18-7-6-8-20(11-18)34-14-19(31)12-26-4/h6-8,11,19,21,26,31H,9-10,12-14H2,1-5H3/t19?,21-/m1/s1. The van der Waals surface area contributed by atoms with Gasteiger partial charge >= 0.3 is 0 Å². The normalized spacial score (nSPS) is 16.9. The number of rotatable bonds is 9. The van der Waals surface area contributed by atoms with Crippen molar-refractivity contribution in [3.63, 3.8) is 0 Å². The van der Waals surface area contributed by atoms with Gasteiger partial charge in [0.25, 0.3) is 0 Å². The zero-order valence-electron chi connectivity index (χ0n) is 21.3. The van der Waals surface area contributed by atoms with Crippen molar-refractivity contribution in [2.75, 3.05) is 44.4 Å². The second-order valence-electron chi connectivity index (χ2n) is 9.28. The van der Waals surface area contributed by atoms with Crippen molar-refractivity contribution in [1.82, 2.24) is 20.4 Å². The van der Waals surface area contributed by atoms with Crippen LogP contribution in [0, 0.1) is 20.8 Å². The van der Waals surface area contributed by atoms with Crippen molar-refractivity contribution in [2.24, 2.45) is 0 Å². The zero-order chi connectivity index (χ0) is 26.0. The minimum absolute atomic E-state index is 0.148. The van der Waals surface area contributed by atoms with Gasteiger partial charge in [-0.2, -0.15) is 0 Å². The Kier molecular flexibility index (Phi) is 7.62.